The number of hydrogen-bond acceptors (Lipinski definition) is 4. The van der Waals surface area contributed by atoms with Crippen LogP contribution in [0.3, 0.4) is 0 Å². The molecule has 1 aromatic carbocycles. The summed E-state index contributed by atoms with van der Waals surface area (Å²) >= 11 is 5.10. The van der Waals surface area contributed by atoms with Gasteiger partial charge in [0.1, 0.15) is 0 Å². The van der Waals surface area contributed by atoms with E-state index >= 15 is 0 Å². The summed E-state index contributed by atoms with van der Waals surface area (Å²) in [6.45, 7) is 2.13. The Kier molecular flexibility index (Phi) is 4.24. The highest BCUT2D eigenvalue weighted by atomic mass is 79.9. The lowest BCUT2D eigenvalue weighted by atomic mass is 10.1. The smallest absolute Gasteiger partial charge is 0.161 e. The maximum atomic E-state index is 5.32. The molecule has 0 bridgehead atoms. The zero-order valence-electron chi connectivity index (χ0n) is 10.5. The second kappa shape index (κ2) is 5.71. The molecule has 0 saturated heterocycles. The molecule has 0 unspecified atom stereocenters. The van der Waals surface area contributed by atoms with Crippen LogP contribution in [0.5, 0.6) is 11.5 Å². The van der Waals surface area contributed by atoms with Gasteiger partial charge in [0.25, 0.3) is 0 Å². The maximum Gasteiger partial charge on any atom is 0.161 e. The summed E-state index contributed by atoms with van der Waals surface area (Å²) in [5, 5.41) is 0. The Morgan fingerprint density at radius 2 is 1.94 bits per heavy atom. The Labute approximate surface area is 119 Å². The number of rotatable bonds is 4. The molecule has 0 aliphatic carbocycles. The van der Waals surface area contributed by atoms with E-state index in [2.05, 4.69) is 27.8 Å². The highest BCUT2D eigenvalue weighted by Crippen LogP contribution is 2.36. The number of benzene rings is 1. The van der Waals surface area contributed by atoms with Crippen LogP contribution in [0.4, 0.5) is 0 Å². The lowest BCUT2D eigenvalue weighted by Gasteiger charge is -2.09. The lowest BCUT2D eigenvalue weighted by molar-refractivity contribution is 0.355. The van der Waals surface area contributed by atoms with Crippen molar-refractivity contribution < 1.29 is 9.47 Å². The number of nitrogens with zero attached hydrogens (tertiary/aromatic N) is 1. The van der Waals surface area contributed by atoms with Gasteiger partial charge in [-0.2, -0.15) is 0 Å². The number of aryl methyl sites for hydroxylation is 1. The SMILES string of the molecule is CCc1sc(Br)nc1-c1ccc(OC)c(OC)c1. The molecule has 18 heavy (non-hydrogen) atoms. The maximum absolute atomic E-state index is 5.32. The van der Waals surface area contributed by atoms with E-state index in [1.165, 1.54) is 4.88 Å². The van der Waals surface area contributed by atoms with Crippen molar-refractivity contribution in [3.63, 3.8) is 0 Å². The van der Waals surface area contributed by atoms with Crippen LogP contribution in [0.25, 0.3) is 11.3 Å². The Bertz CT molecular complexity index is 554. The van der Waals surface area contributed by atoms with Crippen LogP contribution in [0.15, 0.2) is 22.1 Å². The summed E-state index contributed by atoms with van der Waals surface area (Å²) in [5.41, 5.74) is 2.06. The summed E-state index contributed by atoms with van der Waals surface area (Å²) in [7, 11) is 3.27. The summed E-state index contributed by atoms with van der Waals surface area (Å²) in [6.07, 6.45) is 0.965. The molecule has 0 aliphatic rings. The van der Waals surface area contributed by atoms with Crippen LogP contribution in [-0.2, 0) is 6.42 Å². The average Bonchev–Trinajstić information content (AvgIpc) is 2.79. The molecule has 96 valence electrons. The number of aromatic nitrogens is 1. The van der Waals surface area contributed by atoms with Gasteiger partial charge >= 0.3 is 0 Å². The Balaban J connectivity index is 2.50. The van der Waals surface area contributed by atoms with E-state index in [-0.39, 0.29) is 0 Å². The average molecular weight is 328 g/mol. The third-order valence-electron chi connectivity index (χ3n) is 2.65. The lowest BCUT2D eigenvalue weighted by Crippen LogP contribution is -1.91. The zero-order valence-corrected chi connectivity index (χ0v) is 12.9. The predicted molar refractivity (Wildman–Crippen MR) is 77.7 cm³/mol. The van der Waals surface area contributed by atoms with Crippen molar-refractivity contribution in [2.24, 2.45) is 0 Å². The van der Waals surface area contributed by atoms with E-state index in [1.54, 1.807) is 25.6 Å². The number of hydrogen-bond donors (Lipinski definition) is 0. The van der Waals surface area contributed by atoms with Gasteiger partial charge in [-0.1, -0.05) is 6.92 Å². The van der Waals surface area contributed by atoms with Crippen molar-refractivity contribution >= 4 is 27.3 Å². The molecule has 5 heteroatoms. The molecular weight excluding hydrogens is 314 g/mol. The molecular formula is C13H14BrNO2S. The van der Waals surface area contributed by atoms with Crippen molar-refractivity contribution in [1.29, 1.82) is 0 Å². The van der Waals surface area contributed by atoms with Gasteiger partial charge in [0, 0.05) is 10.4 Å². The second-order valence-corrected chi connectivity index (χ2v) is 6.02. The van der Waals surface area contributed by atoms with Gasteiger partial charge < -0.3 is 9.47 Å². The summed E-state index contributed by atoms with van der Waals surface area (Å²) in [6, 6.07) is 5.86. The molecule has 0 amide bonds. The van der Waals surface area contributed by atoms with Crippen molar-refractivity contribution in [3.05, 3.63) is 27.0 Å². The van der Waals surface area contributed by atoms with Gasteiger partial charge in [-0.3, -0.25) is 0 Å². The van der Waals surface area contributed by atoms with E-state index in [0.717, 1.165) is 33.1 Å². The molecule has 1 aromatic heterocycles. The van der Waals surface area contributed by atoms with Crippen LogP contribution >= 0.6 is 27.3 Å². The van der Waals surface area contributed by atoms with Gasteiger partial charge in [0.05, 0.1) is 19.9 Å². The first-order valence-electron chi connectivity index (χ1n) is 5.57. The number of ether oxygens (including phenoxy) is 2. The highest BCUT2D eigenvalue weighted by molar-refractivity contribution is 9.11. The fourth-order valence-corrected chi connectivity index (χ4v) is 3.28. The van der Waals surface area contributed by atoms with Crippen LogP contribution in [0, 0.1) is 0 Å². The molecule has 2 aromatic rings. The number of thiazole rings is 1. The second-order valence-electron chi connectivity index (χ2n) is 3.66. The van der Waals surface area contributed by atoms with Gasteiger partial charge in [-0.15, -0.1) is 11.3 Å². The van der Waals surface area contributed by atoms with E-state index in [1.807, 2.05) is 18.2 Å². The first-order chi connectivity index (χ1) is 8.69. The third kappa shape index (κ3) is 2.52. The minimum absolute atomic E-state index is 0.723. The molecule has 0 radical (unpaired) electrons. The van der Waals surface area contributed by atoms with Crippen molar-refractivity contribution in [3.8, 4) is 22.8 Å². The van der Waals surface area contributed by atoms with Crippen molar-refractivity contribution in [2.45, 2.75) is 13.3 Å². The van der Waals surface area contributed by atoms with Gasteiger partial charge in [-0.25, -0.2) is 4.98 Å². The number of halogens is 1. The standard InChI is InChI=1S/C13H14BrNO2S/c1-4-11-12(15-13(14)18-11)8-5-6-9(16-2)10(7-8)17-3/h5-7H,4H2,1-3H3. The first-order valence-corrected chi connectivity index (χ1v) is 7.18. The summed E-state index contributed by atoms with van der Waals surface area (Å²) in [5.74, 6) is 1.45. The molecule has 0 spiro atoms. The molecule has 3 nitrogen and oxygen atoms in total. The van der Waals surface area contributed by atoms with E-state index < -0.39 is 0 Å². The normalized spacial score (nSPS) is 10.4. The molecule has 1 heterocycles. The Morgan fingerprint density at radius 1 is 1.22 bits per heavy atom. The molecule has 0 aliphatic heterocycles. The number of methoxy groups -OCH3 is 2. The topological polar surface area (TPSA) is 31.4 Å². The first kappa shape index (κ1) is 13.4. The Morgan fingerprint density at radius 3 is 2.56 bits per heavy atom. The van der Waals surface area contributed by atoms with Crippen molar-refractivity contribution in [2.75, 3.05) is 14.2 Å². The highest BCUT2D eigenvalue weighted by Gasteiger charge is 2.13. The molecule has 0 atom stereocenters. The van der Waals surface area contributed by atoms with Gasteiger partial charge in [0.15, 0.2) is 15.4 Å². The zero-order chi connectivity index (χ0) is 13.1. The fourth-order valence-electron chi connectivity index (χ4n) is 1.77. The summed E-state index contributed by atoms with van der Waals surface area (Å²) in [4.78, 5) is 5.78. The summed E-state index contributed by atoms with van der Waals surface area (Å²) < 4.78 is 11.5. The minimum atomic E-state index is 0.723. The molecule has 2 rings (SSSR count). The van der Waals surface area contributed by atoms with Gasteiger partial charge in [0.2, 0.25) is 0 Å². The van der Waals surface area contributed by atoms with E-state index in [4.69, 9.17) is 9.47 Å². The minimum Gasteiger partial charge on any atom is -0.493 e. The predicted octanol–water partition coefficient (Wildman–Crippen LogP) is 4.15. The van der Waals surface area contributed by atoms with Gasteiger partial charge in [-0.05, 0) is 40.5 Å². The molecule has 0 fully saturated rings. The van der Waals surface area contributed by atoms with Crippen molar-refractivity contribution in [1.82, 2.24) is 4.98 Å². The van der Waals surface area contributed by atoms with Crippen LogP contribution in [0.1, 0.15) is 11.8 Å². The quantitative estimate of drug-likeness (QED) is 0.845. The van der Waals surface area contributed by atoms with E-state index in [9.17, 15) is 0 Å². The molecule has 0 saturated carbocycles. The monoisotopic (exact) mass is 327 g/mol. The van der Waals surface area contributed by atoms with Crippen LogP contribution in [-0.4, -0.2) is 19.2 Å². The molecule has 0 N–H and O–H groups in total. The third-order valence-corrected chi connectivity index (χ3v) is 4.30. The van der Waals surface area contributed by atoms with E-state index in [0.29, 0.717) is 0 Å². The fraction of sp³-hybridized carbons (Fsp3) is 0.308. The van der Waals surface area contributed by atoms with Crippen LogP contribution < -0.4 is 9.47 Å². The van der Waals surface area contributed by atoms with Crippen LogP contribution in [0.2, 0.25) is 0 Å². The Hall–Kier alpha value is -1.07. The largest absolute Gasteiger partial charge is 0.493 e.